The molecule has 1 spiro atoms. The Kier molecular flexibility index (Phi) is 3.15. The van der Waals surface area contributed by atoms with Crippen LogP contribution in [0.1, 0.15) is 28.1 Å². The molecule has 0 aliphatic carbocycles. The molecule has 0 saturated carbocycles. The summed E-state index contributed by atoms with van der Waals surface area (Å²) in [5.74, 6) is 0.00300. The monoisotopic (exact) mass is 345 g/mol. The molecule has 2 aliphatic rings. The molecule has 0 aromatic carbocycles. The summed E-state index contributed by atoms with van der Waals surface area (Å²) in [6, 6.07) is 1.84. The number of amides is 1. The molecular weight excluding hydrogens is 334 g/mol. The highest BCUT2D eigenvalue weighted by Gasteiger charge is 2.45. The fraction of sp³-hybridized carbons (Fsp3) is 0.500. The minimum absolute atomic E-state index is 0.00300. The smallest absolute Gasteiger partial charge is 0.407 e. The van der Waals surface area contributed by atoms with E-state index in [4.69, 9.17) is 9.84 Å². The molecule has 1 aromatic heterocycles. The van der Waals surface area contributed by atoms with Crippen LogP contribution >= 0.6 is 27.3 Å². The second kappa shape index (κ2) is 4.57. The van der Waals surface area contributed by atoms with Crippen molar-refractivity contribution in [1.29, 1.82) is 0 Å². The fourth-order valence-corrected chi connectivity index (χ4v) is 4.50. The number of ketones is 1. The number of carbonyl (C=O) groups is 2. The zero-order valence-corrected chi connectivity index (χ0v) is 12.4. The van der Waals surface area contributed by atoms with Gasteiger partial charge in [-0.1, -0.05) is 0 Å². The van der Waals surface area contributed by atoms with Crippen molar-refractivity contribution in [2.45, 2.75) is 18.4 Å². The Bertz CT molecular complexity index is 548. The fourth-order valence-electron chi connectivity index (χ4n) is 2.68. The van der Waals surface area contributed by atoms with E-state index in [0.717, 1.165) is 14.2 Å². The summed E-state index contributed by atoms with van der Waals surface area (Å²) in [4.78, 5) is 25.1. The van der Waals surface area contributed by atoms with Crippen molar-refractivity contribution in [2.75, 3.05) is 19.7 Å². The van der Waals surface area contributed by atoms with E-state index in [-0.39, 0.29) is 12.4 Å². The maximum absolute atomic E-state index is 11.9. The van der Waals surface area contributed by atoms with Crippen molar-refractivity contribution < 1.29 is 19.4 Å². The summed E-state index contributed by atoms with van der Waals surface area (Å²) in [5, 5.41) is 8.99. The lowest BCUT2D eigenvalue weighted by Gasteiger charge is -2.42. The van der Waals surface area contributed by atoms with Crippen LogP contribution in [0, 0.1) is 0 Å². The number of carbonyl (C=O) groups excluding carboxylic acids is 1. The molecule has 1 saturated heterocycles. The summed E-state index contributed by atoms with van der Waals surface area (Å²) in [6.07, 6.45) is 0.313. The number of likely N-dealkylation sites (tertiary alicyclic amines) is 1. The number of piperidine rings is 1. The third-order valence-electron chi connectivity index (χ3n) is 3.74. The lowest BCUT2D eigenvalue weighted by atomic mass is 9.85. The SMILES string of the molecule is O=C1COC2(CCN(C(=O)O)CC2)c2sc(Br)cc21. The first-order valence-electron chi connectivity index (χ1n) is 5.97. The molecule has 102 valence electrons. The Balaban J connectivity index is 1.92. The average molecular weight is 346 g/mol. The zero-order chi connectivity index (χ0) is 13.6. The molecule has 2 aliphatic heterocycles. The van der Waals surface area contributed by atoms with Gasteiger partial charge in [0, 0.05) is 23.5 Å². The lowest BCUT2D eigenvalue weighted by molar-refractivity contribution is -0.0805. The molecule has 0 unspecified atom stereocenters. The van der Waals surface area contributed by atoms with Crippen LogP contribution in [0.5, 0.6) is 0 Å². The van der Waals surface area contributed by atoms with E-state index in [9.17, 15) is 9.59 Å². The lowest BCUT2D eigenvalue weighted by Crippen LogP contribution is -2.48. The number of rotatable bonds is 0. The van der Waals surface area contributed by atoms with Crippen molar-refractivity contribution >= 4 is 39.1 Å². The Labute approximate surface area is 122 Å². The number of fused-ring (bicyclic) bond motifs is 2. The first-order valence-corrected chi connectivity index (χ1v) is 7.58. The highest BCUT2D eigenvalue weighted by Crippen LogP contribution is 2.46. The van der Waals surface area contributed by atoms with E-state index in [1.807, 2.05) is 6.07 Å². The van der Waals surface area contributed by atoms with E-state index in [2.05, 4.69) is 15.9 Å². The van der Waals surface area contributed by atoms with Crippen LogP contribution in [-0.2, 0) is 10.3 Å². The van der Waals surface area contributed by atoms with Gasteiger partial charge < -0.3 is 14.7 Å². The molecule has 7 heteroatoms. The van der Waals surface area contributed by atoms with Crippen LogP contribution in [0.3, 0.4) is 0 Å². The standard InChI is InChI=1S/C12H12BrNO4S/c13-9-5-7-8(15)6-18-12(10(7)19-9)1-3-14(4-2-12)11(16)17/h5H,1-4,6H2,(H,16,17). The molecule has 0 radical (unpaired) electrons. The number of hydrogen-bond acceptors (Lipinski definition) is 4. The first-order chi connectivity index (χ1) is 9.02. The maximum atomic E-state index is 11.9. The molecule has 1 amide bonds. The van der Waals surface area contributed by atoms with Gasteiger partial charge in [0.05, 0.1) is 3.79 Å². The molecule has 3 rings (SSSR count). The van der Waals surface area contributed by atoms with E-state index in [0.29, 0.717) is 25.9 Å². The highest BCUT2D eigenvalue weighted by molar-refractivity contribution is 9.11. The molecule has 0 bridgehead atoms. The minimum atomic E-state index is -0.894. The van der Waals surface area contributed by atoms with Crippen LogP contribution in [-0.4, -0.2) is 41.6 Å². The predicted octanol–water partition coefficient (Wildman–Crippen LogP) is 2.69. The molecule has 19 heavy (non-hydrogen) atoms. The Morgan fingerprint density at radius 3 is 2.79 bits per heavy atom. The van der Waals surface area contributed by atoms with Gasteiger partial charge in [0.25, 0.3) is 0 Å². The molecule has 3 heterocycles. The number of halogens is 1. The predicted molar refractivity (Wildman–Crippen MR) is 72.8 cm³/mol. The molecular formula is C12H12BrNO4S. The first kappa shape index (κ1) is 13.1. The topological polar surface area (TPSA) is 66.8 Å². The van der Waals surface area contributed by atoms with Crippen molar-refractivity contribution in [3.8, 4) is 0 Å². The van der Waals surface area contributed by atoms with Crippen LogP contribution in [0.15, 0.2) is 9.85 Å². The molecule has 5 nitrogen and oxygen atoms in total. The summed E-state index contributed by atoms with van der Waals surface area (Å²) in [5.41, 5.74) is 0.248. The number of ether oxygens (including phenoxy) is 1. The number of hydrogen-bond donors (Lipinski definition) is 1. The van der Waals surface area contributed by atoms with Crippen molar-refractivity contribution in [2.24, 2.45) is 0 Å². The molecule has 1 aromatic rings. The van der Waals surface area contributed by atoms with E-state index < -0.39 is 11.7 Å². The molecule has 1 fully saturated rings. The second-order valence-electron chi connectivity index (χ2n) is 4.77. The van der Waals surface area contributed by atoms with Gasteiger partial charge in [-0.2, -0.15) is 0 Å². The van der Waals surface area contributed by atoms with E-state index >= 15 is 0 Å². The summed E-state index contributed by atoms with van der Waals surface area (Å²) in [6.45, 7) is 0.972. The summed E-state index contributed by atoms with van der Waals surface area (Å²) >= 11 is 4.92. The van der Waals surface area contributed by atoms with Gasteiger partial charge in [-0.05, 0) is 34.8 Å². The summed E-state index contributed by atoms with van der Waals surface area (Å²) < 4.78 is 6.72. The van der Waals surface area contributed by atoms with Crippen LogP contribution in [0.25, 0.3) is 0 Å². The van der Waals surface area contributed by atoms with Crippen LogP contribution in [0.4, 0.5) is 4.79 Å². The van der Waals surface area contributed by atoms with E-state index in [1.165, 1.54) is 16.2 Å². The van der Waals surface area contributed by atoms with Gasteiger partial charge >= 0.3 is 6.09 Å². The highest BCUT2D eigenvalue weighted by atomic mass is 79.9. The van der Waals surface area contributed by atoms with Gasteiger partial charge in [-0.15, -0.1) is 11.3 Å². The number of nitrogens with zero attached hydrogens (tertiary/aromatic N) is 1. The number of carboxylic acid groups (broad SMARTS) is 1. The van der Waals surface area contributed by atoms with Crippen molar-refractivity contribution in [1.82, 2.24) is 4.90 Å². The Morgan fingerprint density at radius 1 is 1.47 bits per heavy atom. The second-order valence-corrected chi connectivity index (χ2v) is 7.20. The van der Waals surface area contributed by atoms with Gasteiger partial charge in [-0.25, -0.2) is 4.79 Å². The average Bonchev–Trinajstić information content (AvgIpc) is 2.78. The Hall–Kier alpha value is -0.920. The third-order valence-corrected chi connectivity index (χ3v) is 5.56. The molecule has 0 atom stereocenters. The molecule has 1 N–H and O–H groups in total. The van der Waals surface area contributed by atoms with Crippen LogP contribution in [0.2, 0.25) is 0 Å². The van der Waals surface area contributed by atoms with Gasteiger partial charge in [0.15, 0.2) is 5.78 Å². The van der Waals surface area contributed by atoms with Gasteiger partial charge in [-0.3, -0.25) is 4.79 Å². The van der Waals surface area contributed by atoms with Crippen molar-refractivity contribution in [3.63, 3.8) is 0 Å². The van der Waals surface area contributed by atoms with E-state index in [1.54, 1.807) is 0 Å². The zero-order valence-electron chi connectivity index (χ0n) is 10.0. The van der Waals surface area contributed by atoms with Gasteiger partial charge in [0.1, 0.15) is 12.2 Å². The quantitative estimate of drug-likeness (QED) is 0.784. The van der Waals surface area contributed by atoms with Gasteiger partial charge in [0.2, 0.25) is 0 Å². The minimum Gasteiger partial charge on any atom is -0.465 e. The largest absolute Gasteiger partial charge is 0.465 e. The van der Waals surface area contributed by atoms with Crippen LogP contribution < -0.4 is 0 Å². The normalized spacial score (nSPS) is 21.5. The maximum Gasteiger partial charge on any atom is 0.407 e. The third kappa shape index (κ3) is 2.09. The van der Waals surface area contributed by atoms with Crippen molar-refractivity contribution in [3.05, 3.63) is 20.3 Å². The number of Topliss-reactive ketones (excluding diaryl/α,β-unsaturated/α-hetero) is 1. The number of thiophene rings is 1. The Morgan fingerprint density at radius 2 is 2.16 bits per heavy atom. The summed E-state index contributed by atoms with van der Waals surface area (Å²) in [7, 11) is 0.